The van der Waals surface area contributed by atoms with E-state index in [9.17, 15) is 0 Å². The highest BCUT2D eigenvalue weighted by Crippen LogP contribution is 2.43. The molecule has 4 aliphatic heterocycles. The Hall–Kier alpha value is -0.0800. The summed E-state index contributed by atoms with van der Waals surface area (Å²) in [6.45, 7) is 2.95. The molecule has 4 unspecified atom stereocenters. The molecule has 4 saturated heterocycles. The fourth-order valence-corrected chi connectivity index (χ4v) is 7.12. The minimum atomic E-state index is 1.02. The predicted octanol–water partition coefficient (Wildman–Crippen LogP) is 4.09. The van der Waals surface area contributed by atoms with Crippen LogP contribution in [0.4, 0.5) is 0 Å². The lowest BCUT2D eigenvalue weighted by Gasteiger charge is -2.46. The van der Waals surface area contributed by atoms with Crippen molar-refractivity contribution in [1.82, 2.24) is 0 Å². The second-order valence-corrected chi connectivity index (χ2v) is 9.48. The SMILES string of the molecule is C[N+]1(CCCC[N+]2(C)C3CCCC2CC3)C2CCCC1CC2. The van der Waals surface area contributed by atoms with Crippen LogP contribution in [0.25, 0.3) is 0 Å². The van der Waals surface area contributed by atoms with Gasteiger partial charge in [-0.05, 0) is 38.5 Å². The molecule has 4 atom stereocenters. The van der Waals surface area contributed by atoms with Gasteiger partial charge in [-0.25, -0.2) is 0 Å². The molecular weight excluding hydrogens is 268 g/mol. The molecule has 4 fully saturated rings. The molecule has 0 aliphatic carbocycles. The number of nitrogens with zero attached hydrogens (tertiary/aromatic N) is 2. The van der Waals surface area contributed by atoms with Crippen LogP contribution in [-0.4, -0.2) is 60.3 Å². The Bertz CT molecular complexity index is 335. The average Bonchev–Trinajstić information content (AvgIpc) is 2.82. The summed E-state index contributed by atoms with van der Waals surface area (Å²) in [5.74, 6) is 0. The van der Waals surface area contributed by atoms with E-state index < -0.39 is 0 Å². The number of hydrogen-bond acceptors (Lipinski definition) is 0. The molecule has 2 nitrogen and oxygen atoms in total. The number of rotatable bonds is 5. The minimum absolute atomic E-state index is 1.02. The van der Waals surface area contributed by atoms with Crippen LogP contribution >= 0.6 is 0 Å². The summed E-state index contributed by atoms with van der Waals surface area (Å²) in [5.41, 5.74) is 0. The first-order valence-corrected chi connectivity index (χ1v) is 10.3. The molecule has 0 aromatic rings. The first kappa shape index (κ1) is 15.4. The van der Waals surface area contributed by atoms with E-state index in [2.05, 4.69) is 14.1 Å². The highest BCUT2D eigenvalue weighted by molar-refractivity contribution is 4.82. The molecule has 0 spiro atoms. The van der Waals surface area contributed by atoms with E-state index in [4.69, 9.17) is 0 Å². The Labute approximate surface area is 138 Å². The van der Waals surface area contributed by atoms with Gasteiger partial charge in [0.1, 0.15) is 0 Å². The lowest BCUT2D eigenvalue weighted by Crippen LogP contribution is -2.57. The summed E-state index contributed by atoms with van der Waals surface area (Å²) in [6.07, 6.45) is 18.2. The third-order valence-electron chi connectivity index (χ3n) is 8.68. The summed E-state index contributed by atoms with van der Waals surface area (Å²) in [4.78, 5) is 0. The van der Waals surface area contributed by atoms with Crippen molar-refractivity contribution in [3.8, 4) is 0 Å². The van der Waals surface area contributed by atoms with Gasteiger partial charge < -0.3 is 8.97 Å². The second-order valence-electron chi connectivity index (χ2n) is 9.48. The van der Waals surface area contributed by atoms with Crippen molar-refractivity contribution in [2.75, 3.05) is 27.2 Å². The Morgan fingerprint density at radius 1 is 0.545 bits per heavy atom. The molecule has 126 valence electrons. The van der Waals surface area contributed by atoms with Crippen molar-refractivity contribution in [2.45, 2.75) is 101 Å². The summed E-state index contributed by atoms with van der Waals surface area (Å²) in [6, 6.07) is 4.09. The fraction of sp³-hybridized carbons (Fsp3) is 1.00. The first-order chi connectivity index (χ1) is 10.6. The van der Waals surface area contributed by atoms with E-state index in [1.807, 2.05) is 0 Å². The summed E-state index contributed by atoms with van der Waals surface area (Å²) in [5, 5.41) is 0. The molecule has 0 amide bonds. The average molecular weight is 307 g/mol. The molecular formula is C20H38N2+2. The van der Waals surface area contributed by atoms with Gasteiger partial charge in [0.25, 0.3) is 0 Å². The highest BCUT2D eigenvalue weighted by Gasteiger charge is 2.49. The maximum absolute atomic E-state index is 2.60. The van der Waals surface area contributed by atoms with Crippen LogP contribution in [0, 0.1) is 0 Å². The van der Waals surface area contributed by atoms with Crippen LogP contribution in [0.15, 0.2) is 0 Å². The molecule has 0 radical (unpaired) electrons. The van der Waals surface area contributed by atoms with Crippen molar-refractivity contribution in [1.29, 1.82) is 0 Å². The van der Waals surface area contributed by atoms with Gasteiger partial charge in [-0.2, -0.15) is 0 Å². The maximum atomic E-state index is 2.60. The Kier molecular flexibility index (Phi) is 4.05. The van der Waals surface area contributed by atoms with E-state index in [0.717, 1.165) is 24.2 Å². The zero-order valence-corrected chi connectivity index (χ0v) is 15.1. The van der Waals surface area contributed by atoms with Crippen LogP contribution in [0.2, 0.25) is 0 Å². The van der Waals surface area contributed by atoms with E-state index in [0.29, 0.717) is 0 Å². The largest absolute Gasteiger partial charge is 0.321 e. The minimum Gasteiger partial charge on any atom is -0.321 e. The van der Waals surface area contributed by atoms with Crippen LogP contribution in [0.5, 0.6) is 0 Å². The summed E-state index contributed by atoms with van der Waals surface area (Å²) < 4.78 is 2.91. The van der Waals surface area contributed by atoms with Gasteiger partial charge in [-0.3, -0.25) is 0 Å². The van der Waals surface area contributed by atoms with Crippen molar-refractivity contribution in [3.05, 3.63) is 0 Å². The van der Waals surface area contributed by atoms with Crippen LogP contribution < -0.4 is 0 Å². The molecule has 4 bridgehead atoms. The number of fused-ring (bicyclic) bond motifs is 4. The number of quaternary nitrogens is 2. The fourth-order valence-electron chi connectivity index (χ4n) is 7.12. The second kappa shape index (κ2) is 5.77. The monoisotopic (exact) mass is 306 g/mol. The van der Waals surface area contributed by atoms with Crippen LogP contribution in [0.1, 0.15) is 77.0 Å². The van der Waals surface area contributed by atoms with Gasteiger partial charge in [0.15, 0.2) is 0 Å². The smallest absolute Gasteiger partial charge is 0.0892 e. The van der Waals surface area contributed by atoms with Gasteiger partial charge in [0.2, 0.25) is 0 Å². The molecule has 0 saturated carbocycles. The zero-order chi connectivity index (χ0) is 15.2. The standard InChI is InChI=1S/C20H38N2/c1-21(17-7-5-8-18(21)12-11-17)15-3-4-16-22(2)19-9-6-10-20(22)14-13-19/h17-20H,3-16H2,1-2H3/q+2. The van der Waals surface area contributed by atoms with Crippen molar-refractivity contribution >= 4 is 0 Å². The molecule has 4 aliphatic rings. The van der Waals surface area contributed by atoms with E-state index in [-0.39, 0.29) is 0 Å². The molecule has 0 aromatic carbocycles. The van der Waals surface area contributed by atoms with E-state index >= 15 is 0 Å². The van der Waals surface area contributed by atoms with Crippen LogP contribution in [0.3, 0.4) is 0 Å². The van der Waals surface area contributed by atoms with Gasteiger partial charge in [0.05, 0.1) is 51.4 Å². The van der Waals surface area contributed by atoms with Crippen molar-refractivity contribution < 1.29 is 8.97 Å². The quantitative estimate of drug-likeness (QED) is 0.530. The van der Waals surface area contributed by atoms with Crippen molar-refractivity contribution in [3.63, 3.8) is 0 Å². The normalized spacial score (nSPS) is 50.5. The topological polar surface area (TPSA) is 0 Å². The number of hydrogen-bond donors (Lipinski definition) is 0. The van der Waals surface area contributed by atoms with Crippen LogP contribution in [-0.2, 0) is 0 Å². The summed E-state index contributed by atoms with van der Waals surface area (Å²) >= 11 is 0. The molecule has 2 heteroatoms. The van der Waals surface area contributed by atoms with Gasteiger partial charge in [-0.1, -0.05) is 0 Å². The summed E-state index contributed by atoms with van der Waals surface area (Å²) in [7, 11) is 5.20. The van der Waals surface area contributed by atoms with E-state index in [1.165, 1.54) is 99.1 Å². The molecule has 4 heterocycles. The first-order valence-electron chi connectivity index (χ1n) is 10.3. The van der Waals surface area contributed by atoms with E-state index in [1.54, 1.807) is 0 Å². The Morgan fingerprint density at radius 2 is 0.864 bits per heavy atom. The zero-order valence-electron chi connectivity index (χ0n) is 15.1. The van der Waals surface area contributed by atoms with Crippen molar-refractivity contribution in [2.24, 2.45) is 0 Å². The third kappa shape index (κ3) is 2.36. The molecule has 4 rings (SSSR count). The number of unbranched alkanes of at least 4 members (excludes halogenated alkanes) is 1. The maximum Gasteiger partial charge on any atom is 0.0892 e. The molecule has 0 N–H and O–H groups in total. The third-order valence-corrected chi connectivity index (χ3v) is 8.68. The van der Waals surface area contributed by atoms with Gasteiger partial charge >= 0.3 is 0 Å². The number of piperidine rings is 2. The highest BCUT2D eigenvalue weighted by atomic mass is 15.4. The lowest BCUT2D eigenvalue weighted by atomic mass is 9.97. The van der Waals surface area contributed by atoms with Gasteiger partial charge in [-0.15, -0.1) is 0 Å². The Balaban J connectivity index is 1.29. The Morgan fingerprint density at radius 3 is 1.18 bits per heavy atom. The van der Waals surface area contributed by atoms with Gasteiger partial charge in [0, 0.05) is 38.5 Å². The molecule has 0 aromatic heterocycles. The lowest BCUT2D eigenvalue weighted by molar-refractivity contribution is -0.954. The predicted molar refractivity (Wildman–Crippen MR) is 92.7 cm³/mol. The molecule has 22 heavy (non-hydrogen) atoms.